The summed E-state index contributed by atoms with van der Waals surface area (Å²) in [6.45, 7) is 8.04. The fraction of sp³-hybridized carbons (Fsp3) is 0.818. The topological polar surface area (TPSA) is 21.3 Å². The maximum Gasteiger partial charge on any atom is 0.0593 e. The molecule has 1 heterocycles. The summed E-state index contributed by atoms with van der Waals surface area (Å²) in [6.07, 6.45) is 7.17. The summed E-state index contributed by atoms with van der Waals surface area (Å²) in [6, 6.07) is 0.433. The highest BCUT2D eigenvalue weighted by Gasteiger charge is 2.18. The summed E-state index contributed by atoms with van der Waals surface area (Å²) in [5.41, 5.74) is 0. The van der Waals surface area contributed by atoms with Gasteiger partial charge in [0.2, 0.25) is 0 Å². The Morgan fingerprint density at radius 2 is 2.54 bits per heavy atom. The predicted octanol–water partition coefficient (Wildman–Crippen LogP) is 2.11. The van der Waals surface area contributed by atoms with E-state index in [9.17, 15) is 0 Å². The van der Waals surface area contributed by atoms with Gasteiger partial charge in [0.05, 0.1) is 6.10 Å². The van der Waals surface area contributed by atoms with Gasteiger partial charge in [-0.15, -0.1) is 6.58 Å². The molecule has 1 aliphatic heterocycles. The third kappa shape index (κ3) is 3.92. The first-order chi connectivity index (χ1) is 6.36. The van der Waals surface area contributed by atoms with Crippen LogP contribution in [0.2, 0.25) is 0 Å². The van der Waals surface area contributed by atoms with Crippen molar-refractivity contribution in [1.29, 1.82) is 0 Å². The van der Waals surface area contributed by atoms with E-state index in [2.05, 4.69) is 18.8 Å². The lowest BCUT2D eigenvalue weighted by atomic mass is 10.1. The highest BCUT2D eigenvalue weighted by molar-refractivity contribution is 4.88. The van der Waals surface area contributed by atoms with Gasteiger partial charge in [0.15, 0.2) is 0 Å². The summed E-state index contributed by atoms with van der Waals surface area (Å²) in [5, 5.41) is 3.45. The molecule has 0 bridgehead atoms. The van der Waals surface area contributed by atoms with E-state index in [0.29, 0.717) is 12.1 Å². The minimum absolute atomic E-state index is 0.433. The Morgan fingerprint density at radius 1 is 1.69 bits per heavy atom. The lowest BCUT2D eigenvalue weighted by molar-refractivity contribution is 0.0988. The number of rotatable bonds is 6. The second kappa shape index (κ2) is 6.17. The lowest BCUT2D eigenvalue weighted by Gasteiger charge is -2.17. The highest BCUT2D eigenvalue weighted by Crippen LogP contribution is 2.17. The zero-order chi connectivity index (χ0) is 9.52. The van der Waals surface area contributed by atoms with Gasteiger partial charge in [-0.25, -0.2) is 0 Å². The Balaban J connectivity index is 2.17. The second-order valence-electron chi connectivity index (χ2n) is 3.67. The molecule has 0 aromatic heterocycles. The molecule has 2 atom stereocenters. The zero-order valence-electron chi connectivity index (χ0n) is 8.59. The van der Waals surface area contributed by atoms with Gasteiger partial charge in [0, 0.05) is 12.6 Å². The monoisotopic (exact) mass is 183 g/mol. The molecule has 0 aromatic rings. The van der Waals surface area contributed by atoms with Crippen molar-refractivity contribution in [3.8, 4) is 0 Å². The number of ether oxygens (including phenoxy) is 1. The lowest BCUT2D eigenvalue weighted by Crippen LogP contribution is -2.31. The molecule has 13 heavy (non-hydrogen) atoms. The normalized spacial score (nSPS) is 24.5. The van der Waals surface area contributed by atoms with Crippen molar-refractivity contribution in [3.05, 3.63) is 12.7 Å². The van der Waals surface area contributed by atoms with Crippen LogP contribution in [0.15, 0.2) is 12.7 Å². The first kappa shape index (κ1) is 10.7. The van der Waals surface area contributed by atoms with Crippen LogP contribution in [0.25, 0.3) is 0 Å². The van der Waals surface area contributed by atoms with Gasteiger partial charge in [0.25, 0.3) is 0 Å². The van der Waals surface area contributed by atoms with E-state index in [1.807, 2.05) is 6.08 Å². The molecule has 2 unspecified atom stereocenters. The Labute approximate surface area is 81.4 Å². The Morgan fingerprint density at radius 3 is 3.08 bits per heavy atom. The molecule has 0 aliphatic carbocycles. The SMILES string of the molecule is C=CC(CC1CCCO1)NCCC. The Hall–Kier alpha value is -0.340. The van der Waals surface area contributed by atoms with Gasteiger partial charge in [-0.2, -0.15) is 0 Å². The van der Waals surface area contributed by atoms with E-state index < -0.39 is 0 Å². The van der Waals surface area contributed by atoms with Crippen molar-refractivity contribution in [1.82, 2.24) is 5.32 Å². The fourth-order valence-corrected chi connectivity index (χ4v) is 1.71. The van der Waals surface area contributed by atoms with E-state index in [1.165, 1.54) is 19.3 Å². The molecular formula is C11H21NO. The molecule has 0 amide bonds. The van der Waals surface area contributed by atoms with Crippen molar-refractivity contribution >= 4 is 0 Å². The van der Waals surface area contributed by atoms with Gasteiger partial charge in [0.1, 0.15) is 0 Å². The molecule has 0 spiro atoms. The number of hydrogen-bond acceptors (Lipinski definition) is 2. The number of hydrogen-bond donors (Lipinski definition) is 1. The van der Waals surface area contributed by atoms with Crippen LogP contribution in [0.1, 0.15) is 32.6 Å². The minimum atomic E-state index is 0.433. The van der Waals surface area contributed by atoms with E-state index in [-0.39, 0.29) is 0 Å². The third-order valence-corrected chi connectivity index (χ3v) is 2.48. The van der Waals surface area contributed by atoms with E-state index in [1.54, 1.807) is 0 Å². The summed E-state index contributed by atoms with van der Waals surface area (Å²) < 4.78 is 5.58. The molecule has 1 N–H and O–H groups in total. The standard InChI is InChI=1S/C11H21NO/c1-3-7-12-10(4-2)9-11-6-5-8-13-11/h4,10-12H,2-3,5-9H2,1H3. The predicted molar refractivity (Wildman–Crippen MR) is 55.9 cm³/mol. The molecule has 1 aliphatic rings. The molecule has 1 rings (SSSR count). The molecule has 76 valence electrons. The van der Waals surface area contributed by atoms with Crippen molar-refractivity contribution < 1.29 is 4.74 Å². The van der Waals surface area contributed by atoms with Crippen molar-refractivity contribution in [2.45, 2.75) is 44.8 Å². The van der Waals surface area contributed by atoms with Crippen LogP contribution in [-0.2, 0) is 4.74 Å². The van der Waals surface area contributed by atoms with Gasteiger partial charge in [-0.05, 0) is 32.2 Å². The highest BCUT2D eigenvalue weighted by atomic mass is 16.5. The molecule has 2 nitrogen and oxygen atoms in total. The van der Waals surface area contributed by atoms with Crippen molar-refractivity contribution in [3.63, 3.8) is 0 Å². The third-order valence-electron chi connectivity index (χ3n) is 2.48. The van der Waals surface area contributed by atoms with Crippen LogP contribution < -0.4 is 5.32 Å². The summed E-state index contributed by atoms with van der Waals surface area (Å²) in [5.74, 6) is 0. The smallest absolute Gasteiger partial charge is 0.0593 e. The molecule has 0 radical (unpaired) electrons. The molecule has 1 saturated heterocycles. The molecule has 1 fully saturated rings. The molecular weight excluding hydrogens is 162 g/mol. The molecule has 0 saturated carbocycles. The average Bonchev–Trinajstić information content (AvgIpc) is 2.64. The van der Waals surface area contributed by atoms with E-state index in [4.69, 9.17) is 4.74 Å². The van der Waals surface area contributed by atoms with Crippen LogP contribution in [0.5, 0.6) is 0 Å². The van der Waals surface area contributed by atoms with E-state index >= 15 is 0 Å². The maximum absolute atomic E-state index is 5.58. The largest absolute Gasteiger partial charge is 0.378 e. The zero-order valence-corrected chi connectivity index (χ0v) is 8.59. The minimum Gasteiger partial charge on any atom is -0.378 e. The second-order valence-corrected chi connectivity index (χ2v) is 3.67. The molecule has 2 heteroatoms. The quantitative estimate of drug-likeness (QED) is 0.637. The van der Waals surface area contributed by atoms with Crippen LogP contribution in [-0.4, -0.2) is 25.3 Å². The van der Waals surface area contributed by atoms with Gasteiger partial charge < -0.3 is 10.1 Å². The van der Waals surface area contributed by atoms with Gasteiger partial charge >= 0.3 is 0 Å². The molecule has 0 aromatic carbocycles. The first-order valence-electron chi connectivity index (χ1n) is 5.34. The number of nitrogens with one attached hydrogen (secondary N) is 1. The van der Waals surface area contributed by atoms with Crippen LogP contribution in [0, 0.1) is 0 Å². The van der Waals surface area contributed by atoms with E-state index in [0.717, 1.165) is 19.6 Å². The summed E-state index contributed by atoms with van der Waals surface area (Å²) in [4.78, 5) is 0. The maximum atomic E-state index is 5.58. The van der Waals surface area contributed by atoms with Gasteiger partial charge in [-0.3, -0.25) is 0 Å². The Bertz CT molecular complexity index is 141. The summed E-state index contributed by atoms with van der Waals surface area (Å²) >= 11 is 0. The average molecular weight is 183 g/mol. The fourth-order valence-electron chi connectivity index (χ4n) is 1.71. The van der Waals surface area contributed by atoms with Crippen molar-refractivity contribution in [2.75, 3.05) is 13.2 Å². The van der Waals surface area contributed by atoms with Crippen molar-refractivity contribution in [2.24, 2.45) is 0 Å². The Kier molecular flexibility index (Phi) is 5.09. The van der Waals surface area contributed by atoms with Crippen LogP contribution in [0.3, 0.4) is 0 Å². The van der Waals surface area contributed by atoms with Gasteiger partial charge in [-0.1, -0.05) is 13.0 Å². The first-order valence-corrected chi connectivity index (χ1v) is 5.34. The summed E-state index contributed by atoms with van der Waals surface area (Å²) in [7, 11) is 0. The van der Waals surface area contributed by atoms with Crippen LogP contribution in [0.4, 0.5) is 0 Å². The van der Waals surface area contributed by atoms with Crippen LogP contribution >= 0.6 is 0 Å².